The zero-order valence-corrected chi connectivity index (χ0v) is 10.6. The van der Waals surface area contributed by atoms with Crippen molar-refractivity contribution in [2.45, 2.75) is 25.9 Å². The van der Waals surface area contributed by atoms with E-state index < -0.39 is 0 Å². The highest BCUT2D eigenvalue weighted by Crippen LogP contribution is 2.15. The predicted molar refractivity (Wildman–Crippen MR) is 65.5 cm³/mol. The second-order valence-electron chi connectivity index (χ2n) is 4.22. The van der Waals surface area contributed by atoms with E-state index in [-0.39, 0.29) is 6.04 Å². The molecular weight excluding hydrogens is 230 g/mol. The monoisotopic (exact) mass is 247 g/mol. The van der Waals surface area contributed by atoms with Crippen molar-refractivity contribution in [1.29, 1.82) is 0 Å². The van der Waals surface area contributed by atoms with Gasteiger partial charge in [0, 0.05) is 25.3 Å². The number of aromatic nitrogens is 6. The van der Waals surface area contributed by atoms with Gasteiger partial charge in [0.1, 0.15) is 12.7 Å². The molecule has 0 aromatic carbocycles. The van der Waals surface area contributed by atoms with Crippen LogP contribution in [-0.2, 0) is 6.54 Å². The summed E-state index contributed by atoms with van der Waals surface area (Å²) in [6.07, 6.45) is 5.99. The molecular formula is C11H17N7. The molecule has 0 spiro atoms. The molecule has 0 amide bonds. The second kappa shape index (κ2) is 6.15. The summed E-state index contributed by atoms with van der Waals surface area (Å²) in [5, 5.41) is 11.0. The zero-order chi connectivity index (χ0) is 12.8. The first-order chi connectivity index (χ1) is 8.77. The van der Waals surface area contributed by atoms with Crippen LogP contribution >= 0.6 is 0 Å². The summed E-state index contributed by atoms with van der Waals surface area (Å²) in [7, 11) is 2.09. The van der Waals surface area contributed by atoms with E-state index in [0.717, 1.165) is 25.2 Å². The van der Waals surface area contributed by atoms with Crippen LogP contribution in [-0.4, -0.2) is 48.7 Å². The lowest BCUT2D eigenvalue weighted by molar-refractivity contribution is 0.247. The molecule has 0 aliphatic rings. The fourth-order valence-electron chi connectivity index (χ4n) is 1.73. The maximum Gasteiger partial charge on any atom is 0.138 e. The lowest BCUT2D eigenvalue weighted by Crippen LogP contribution is -2.25. The third-order valence-electron chi connectivity index (χ3n) is 2.98. The fraction of sp³-hybridized carbons (Fsp3) is 0.545. The van der Waals surface area contributed by atoms with E-state index in [0.29, 0.717) is 0 Å². The van der Waals surface area contributed by atoms with Gasteiger partial charge in [-0.3, -0.25) is 4.90 Å². The summed E-state index contributed by atoms with van der Waals surface area (Å²) < 4.78 is 1.74. The molecule has 0 N–H and O–H groups in total. The molecule has 0 unspecified atom stereocenters. The van der Waals surface area contributed by atoms with Crippen molar-refractivity contribution in [3.63, 3.8) is 0 Å². The van der Waals surface area contributed by atoms with Gasteiger partial charge in [0.05, 0.1) is 5.69 Å². The highest BCUT2D eigenvalue weighted by Gasteiger charge is 2.12. The number of aryl methyl sites for hydroxylation is 1. The van der Waals surface area contributed by atoms with Gasteiger partial charge in [-0.25, -0.2) is 14.6 Å². The van der Waals surface area contributed by atoms with Crippen LogP contribution in [0.25, 0.3) is 0 Å². The van der Waals surface area contributed by atoms with Gasteiger partial charge >= 0.3 is 0 Å². The highest BCUT2D eigenvalue weighted by atomic mass is 15.5. The van der Waals surface area contributed by atoms with Crippen molar-refractivity contribution in [1.82, 2.24) is 35.1 Å². The number of hydrogen-bond acceptors (Lipinski definition) is 6. The van der Waals surface area contributed by atoms with Gasteiger partial charge in [-0.15, -0.1) is 5.10 Å². The quantitative estimate of drug-likeness (QED) is 0.742. The number of rotatable bonds is 6. The van der Waals surface area contributed by atoms with Gasteiger partial charge in [0.15, 0.2) is 0 Å². The Labute approximate surface area is 106 Å². The van der Waals surface area contributed by atoms with Gasteiger partial charge in [0.2, 0.25) is 0 Å². The SMILES string of the molecule is C[C@@H](c1ccncn1)N(C)CCCn1cnnn1. The molecule has 2 heterocycles. The minimum atomic E-state index is 0.280. The van der Waals surface area contributed by atoms with Crippen LogP contribution in [0.5, 0.6) is 0 Å². The van der Waals surface area contributed by atoms with E-state index in [1.165, 1.54) is 0 Å². The first-order valence-corrected chi connectivity index (χ1v) is 5.94. The third kappa shape index (κ3) is 3.30. The molecule has 7 heteroatoms. The van der Waals surface area contributed by atoms with Gasteiger partial charge in [-0.2, -0.15) is 0 Å². The van der Waals surface area contributed by atoms with Crippen LogP contribution in [0.15, 0.2) is 24.9 Å². The van der Waals surface area contributed by atoms with Gasteiger partial charge < -0.3 is 0 Å². The first-order valence-electron chi connectivity index (χ1n) is 5.94. The Balaban J connectivity index is 1.79. The van der Waals surface area contributed by atoms with Crippen LogP contribution in [0, 0.1) is 0 Å². The van der Waals surface area contributed by atoms with E-state index in [1.807, 2.05) is 6.07 Å². The minimum absolute atomic E-state index is 0.280. The predicted octanol–water partition coefficient (Wildman–Crippen LogP) is 0.546. The Hall–Kier alpha value is -1.89. The average Bonchev–Trinajstić information content (AvgIpc) is 2.92. The summed E-state index contributed by atoms with van der Waals surface area (Å²) >= 11 is 0. The molecule has 0 saturated carbocycles. The molecule has 0 aliphatic heterocycles. The van der Waals surface area contributed by atoms with Gasteiger partial charge in [-0.1, -0.05) is 0 Å². The topological polar surface area (TPSA) is 72.6 Å². The molecule has 0 aliphatic carbocycles. The maximum absolute atomic E-state index is 4.27. The smallest absolute Gasteiger partial charge is 0.138 e. The van der Waals surface area contributed by atoms with Crippen LogP contribution in [0.2, 0.25) is 0 Å². The van der Waals surface area contributed by atoms with Crippen LogP contribution in [0.1, 0.15) is 25.1 Å². The molecule has 0 radical (unpaired) electrons. The van der Waals surface area contributed by atoms with Crippen molar-refractivity contribution in [3.8, 4) is 0 Å². The first kappa shape index (κ1) is 12.6. The largest absolute Gasteiger partial charge is 0.298 e. The average molecular weight is 247 g/mol. The zero-order valence-electron chi connectivity index (χ0n) is 10.6. The van der Waals surface area contributed by atoms with Crippen LogP contribution < -0.4 is 0 Å². The van der Waals surface area contributed by atoms with Gasteiger partial charge in [-0.05, 0) is 36.9 Å². The number of tetrazole rings is 1. The lowest BCUT2D eigenvalue weighted by atomic mass is 10.2. The molecule has 0 saturated heterocycles. The minimum Gasteiger partial charge on any atom is -0.298 e. The van der Waals surface area contributed by atoms with Crippen LogP contribution in [0.4, 0.5) is 0 Å². The fourth-order valence-corrected chi connectivity index (χ4v) is 1.73. The van der Waals surface area contributed by atoms with E-state index in [9.17, 15) is 0 Å². The molecule has 7 nitrogen and oxygen atoms in total. The maximum atomic E-state index is 4.27. The van der Waals surface area contributed by atoms with Crippen molar-refractivity contribution in [3.05, 3.63) is 30.6 Å². The Morgan fingerprint density at radius 3 is 3.00 bits per heavy atom. The molecule has 96 valence electrons. The number of nitrogens with zero attached hydrogens (tertiary/aromatic N) is 7. The summed E-state index contributed by atoms with van der Waals surface area (Å²) in [6.45, 7) is 3.93. The Bertz CT molecular complexity index is 442. The summed E-state index contributed by atoms with van der Waals surface area (Å²) in [4.78, 5) is 10.5. The molecule has 2 aromatic rings. The molecule has 0 bridgehead atoms. The lowest BCUT2D eigenvalue weighted by Gasteiger charge is -2.23. The molecule has 18 heavy (non-hydrogen) atoms. The molecule has 0 fully saturated rings. The third-order valence-corrected chi connectivity index (χ3v) is 2.98. The second-order valence-corrected chi connectivity index (χ2v) is 4.22. The Kier molecular flexibility index (Phi) is 4.30. The molecule has 2 rings (SSSR count). The van der Waals surface area contributed by atoms with E-state index in [2.05, 4.69) is 44.4 Å². The van der Waals surface area contributed by atoms with Crippen LogP contribution in [0.3, 0.4) is 0 Å². The summed E-state index contributed by atoms with van der Waals surface area (Å²) in [5.41, 5.74) is 1.04. The van der Waals surface area contributed by atoms with Crippen molar-refractivity contribution >= 4 is 0 Å². The Morgan fingerprint density at radius 1 is 1.44 bits per heavy atom. The van der Waals surface area contributed by atoms with E-state index in [4.69, 9.17) is 0 Å². The summed E-state index contributed by atoms with van der Waals surface area (Å²) in [5.74, 6) is 0. The number of hydrogen-bond donors (Lipinski definition) is 0. The standard InChI is InChI=1S/C11H17N7/c1-10(11-4-5-12-8-13-11)17(2)6-3-7-18-9-14-15-16-18/h4-5,8-10H,3,6-7H2,1-2H3/t10-/m0/s1. The van der Waals surface area contributed by atoms with Gasteiger partial charge in [0.25, 0.3) is 0 Å². The van der Waals surface area contributed by atoms with Crippen molar-refractivity contribution in [2.24, 2.45) is 0 Å². The van der Waals surface area contributed by atoms with E-state index >= 15 is 0 Å². The van der Waals surface area contributed by atoms with Crippen molar-refractivity contribution < 1.29 is 0 Å². The van der Waals surface area contributed by atoms with E-state index in [1.54, 1.807) is 23.5 Å². The Morgan fingerprint density at radius 2 is 2.33 bits per heavy atom. The van der Waals surface area contributed by atoms with Crippen molar-refractivity contribution in [2.75, 3.05) is 13.6 Å². The summed E-state index contributed by atoms with van der Waals surface area (Å²) in [6, 6.07) is 2.23. The normalized spacial score (nSPS) is 12.8. The molecule has 1 atom stereocenters. The highest BCUT2D eigenvalue weighted by molar-refractivity contribution is 5.03. The molecule has 2 aromatic heterocycles.